The van der Waals surface area contributed by atoms with Gasteiger partial charge in [-0.15, -0.1) is 0 Å². The number of sulfonamides is 1. The molecule has 0 saturated heterocycles. The zero-order chi connectivity index (χ0) is 17.3. The van der Waals surface area contributed by atoms with Crippen LogP contribution in [0.15, 0.2) is 83.8 Å². The van der Waals surface area contributed by atoms with Crippen LogP contribution in [0.4, 0.5) is 17.1 Å². The third kappa shape index (κ3) is 3.10. The van der Waals surface area contributed by atoms with Crippen molar-refractivity contribution in [2.45, 2.75) is 11.3 Å². The Kier molecular flexibility index (Phi) is 3.93. The molecule has 3 aromatic carbocycles. The molecule has 0 amide bonds. The van der Waals surface area contributed by atoms with Crippen molar-refractivity contribution in [1.82, 2.24) is 0 Å². The smallest absolute Gasteiger partial charge is 0.261 e. The van der Waals surface area contributed by atoms with Gasteiger partial charge in [0.1, 0.15) is 0 Å². The minimum atomic E-state index is -3.56. The number of nitrogens with zero attached hydrogens (tertiary/aromatic N) is 1. The molecule has 0 aromatic heterocycles. The van der Waals surface area contributed by atoms with Crippen molar-refractivity contribution < 1.29 is 8.42 Å². The summed E-state index contributed by atoms with van der Waals surface area (Å²) in [5.41, 5.74) is 4.18. The van der Waals surface area contributed by atoms with Crippen LogP contribution in [0.5, 0.6) is 0 Å². The summed E-state index contributed by atoms with van der Waals surface area (Å²) in [7, 11) is -3.56. The number of para-hydroxylation sites is 1. The average molecular weight is 350 g/mol. The van der Waals surface area contributed by atoms with E-state index in [9.17, 15) is 8.42 Å². The topological polar surface area (TPSA) is 49.4 Å². The van der Waals surface area contributed by atoms with E-state index in [1.165, 1.54) is 11.3 Å². The Hall–Kier alpha value is -2.79. The van der Waals surface area contributed by atoms with Crippen LogP contribution in [-0.2, 0) is 16.4 Å². The Labute approximate surface area is 147 Å². The lowest BCUT2D eigenvalue weighted by Gasteiger charge is -2.20. The number of hydrogen-bond acceptors (Lipinski definition) is 3. The van der Waals surface area contributed by atoms with Crippen LogP contribution in [0.25, 0.3) is 0 Å². The van der Waals surface area contributed by atoms with Crippen LogP contribution in [0, 0.1) is 0 Å². The summed E-state index contributed by atoms with van der Waals surface area (Å²) in [5.74, 6) is 0. The molecule has 0 aliphatic carbocycles. The third-order valence-corrected chi connectivity index (χ3v) is 5.77. The summed E-state index contributed by atoms with van der Waals surface area (Å²) >= 11 is 0. The normalized spacial score (nSPS) is 13.5. The minimum Gasteiger partial charge on any atom is -0.341 e. The van der Waals surface area contributed by atoms with E-state index < -0.39 is 10.0 Å². The molecule has 0 bridgehead atoms. The van der Waals surface area contributed by atoms with Crippen LogP contribution in [0.2, 0.25) is 0 Å². The first kappa shape index (κ1) is 15.7. The first-order valence-corrected chi connectivity index (χ1v) is 9.65. The molecule has 1 heterocycles. The molecule has 126 valence electrons. The van der Waals surface area contributed by atoms with Crippen molar-refractivity contribution in [3.05, 3.63) is 84.4 Å². The van der Waals surface area contributed by atoms with E-state index in [-0.39, 0.29) is 4.90 Å². The fourth-order valence-electron chi connectivity index (χ4n) is 3.13. The molecule has 3 aromatic rings. The molecule has 0 spiro atoms. The number of fused-ring (bicyclic) bond motifs is 1. The maximum Gasteiger partial charge on any atom is 0.261 e. The lowest BCUT2D eigenvalue weighted by Crippen LogP contribution is -2.14. The molecular formula is C20H18N2O2S. The fraction of sp³-hybridized carbons (Fsp3) is 0.100. The van der Waals surface area contributed by atoms with E-state index in [2.05, 4.69) is 27.8 Å². The van der Waals surface area contributed by atoms with Gasteiger partial charge in [0, 0.05) is 23.6 Å². The highest BCUT2D eigenvalue weighted by Crippen LogP contribution is 2.34. The highest BCUT2D eigenvalue weighted by Gasteiger charge is 2.20. The summed E-state index contributed by atoms with van der Waals surface area (Å²) < 4.78 is 27.4. The van der Waals surface area contributed by atoms with Gasteiger partial charge in [-0.2, -0.15) is 0 Å². The highest BCUT2D eigenvalue weighted by molar-refractivity contribution is 7.92. The monoisotopic (exact) mass is 350 g/mol. The fourth-order valence-corrected chi connectivity index (χ4v) is 4.21. The molecule has 1 aliphatic rings. The van der Waals surface area contributed by atoms with E-state index in [1.807, 2.05) is 18.2 Å². The van der Waals surface area contributed by atoms with Crippen molar-refractivity contribution in [2.24, 2.45) is 0 Å². The number of nitrogens with one attached hydrogen (secondary N) is 1. The summed E-state index contributed by atoms with van der Waals surface area (Å²) in [6.45, 7) is 0.939. The molecule has 4 nitrogen and oxygen atoms in total. The second-order valence-corrected chi connectivity index (χ2v) is 7.68. The van der Waals surface area contributed by atoms with Crippen LogP contribution < -0.4 is 9.62 Å². The molecule has 5 heteroatoms. The van der Waals surface area contributed by atoms with Crippen LogP contribution in [0.3, 0.4) is 0 Å². The number of anilines is 3. The van der Waals surface area contributed by atoms with Gasteiger partial charge in [-0.05, 0) is 54.4 Å². The Balaban J connectivity index is 1.56. The van der Waals surface area contributed by atoms with Gasteiger partial charge in [0.05, 0.1) is 4.90 Å². The molecule has 0 unspecified atom stereocenters. The maximum absolute atomic E-state index is 12.4. The summed E-state index contributed by atoms with van der Waals surface area (Å²) in [4.78, 5) is 2.51. The first-order valence-electron chi connectivity index (χ1n) is 8.17. The Morgan fingerprint density at radius 2 is 1.48 bits per heavy atom. The lowest BCUT2D eigenvalue weighted by atomic mass is 10.2. The molecule has 1 N–H and O–H groups in total. The van der Waals surface area contributed by atoms with Crippen molar-refractivity contribution in [2.75, 3.05) is 16.2 Å². The van der Waals surface area contributed by atoms with Gasteiger partial charge in [-0.1, -0.05) is 36.4 Å². The molecule has 1 aliphatic heterocycles. The van der Waals surface area contributed by atoms with Crippen molar-refractivity contribution in [1.29, 1.82) is 0 Å². The number of benzene rings is 3. The van der Waals surface area contributed by atoms with Gasteiger partial charge < -0.3 is 4.90 Å². The zero-order valence-electron chi connectivity index (χ0n) is 13.6. The lowest BCUT2D eigenvalue weighted by molar-refractivity contribution is 0.601. The number of rotatable bonds is 4. The molecule has 0 fully saturated rings. The first-order chi connectivity index (χ1) is 12.1. The van der Waals surface area contributed by atoms with Gasteiger partial charge in [-0.25, -0.2) is 8.42 Å². The predicted molar refractivity (Wildman–Crippen MR) is 101 cm³/mol. The largest absolute Gasteiger partial charge is 0.341 e. The standard InChI is InChI=1S/C20H18N2O2S/c23-25(24,19-7-2-1-3-8-19)21-17-10-12-18(13-11-17)22-15-14-16-6-4-5-9-20(16)22/h1-13,21H,14-15H2. The molecule has 4 rings (SSSR count). The summed E-state index contributed by atoms with van der Waals surface area (Å²) in [6, 6.07) is 24.3. The van der Waals surface area contributed by atoms with E-state index >= 15 is 0 Å². The van der Waals surface area contributed by atoms with Crippen molar-refractivity contribution >= 4 is 27.1 Å². The van der Waals surface area contributed by atoms with E-state index in [1.54, 1.807) is 42.5 Å². The minimum absolute atomic E-state index is 0.257. The molecular weight excluding hydrogens is 332 g/mol. The van der Waals surface area contributed by atoms with E-state index in [4.69, 9.17) is 0 Å². The summed E-state index contributed by atoms with van der Waals surface area (Å²) in [5, 5.41) is 0. The van der Waals surface area contributed by atoms with Gasteiger partial charge >= 0.3 is 0 Å². The van der Waals surface area contributed by atoms with Crippen molar-refractivity contribution in [3.63, 3.8) is 0 Å². The second-order valence-electron chi connectivity index (χ2n) is 6.00. The summed E-state index contributed by atoms with van der Waals surface area (Å²) in [6.07, 6.45) is 1.03. The Bertz CT molecular complexity index is 984. The molecule has 0 saturated carbocycles. The second kappa shape index (κ2) is 6.26. The molecule has 0 radical (unpaired) electrons. The average Bonchev–Trinajstić information content (AvgIpc) is 3.07. The van der Waals surface area contributed by atoms with Crippen LogP contribution >= 0.6 is 0 Å². The highest BCUT2D eigenvalue weighted by atomic mass is 32.2. The Morgan fingerprint density at radius 1 is 0.800 bits per heavy atom. The zero-order valence-corrected chi connectivity index (χ0v) is 14.4. The van der Waals surface area contributed by atoms with Gasteiger partial charge in [-0.3, -0.25) is 4.72 Å². The quantitative estimate of drug-likeness (QED) is 0.768. The van der Waals surface area contributed by atoms with Gasteiger partial charge in [0.2, 0.25) is 0 Å². The molecule has 0 atom stereocenters. The SMILES string of the molecule is O=S(=O)(Nc1ccc(N2CCc3ccccc32)cc1)c1ccccc1. The van der Waals surface area contributed by atoms with E-state index in [0.29, 0.717) is 5.69 Å². The third-order valence-electron chi connectivity index (χ3n) is 4.37. The molecule has 25 heavy (non-hydrogen) atoms. The van der Waals surface area contributed by atoms with Crippen LogP contribution in [0.1, 0.15) is 5.56 Å². The van der Waals surface area contributed by atoms with Crippen molar-refractivity contribution in [3.8, 4) is 0 Å². The number of hydrogen-bond donors (Lipinski definition) is 1. The van der Waals surface area contributed by atoms with Gasteiger partial charge in [0.15, 0.2) is 0 Å². The Morgan fingerprint density at radius 3 is 2.24 bits per heavy atom. The predicted octanol–water partition coefficient (Wildman–Crippen LogP) is 4.18. The van der Waals surface area contributed by atoms with Crippen LogP contribution in [-0.4, -0.2) is 15.0 Å². The maximum atomic E-state index is 12.4. The van der Waals surface area contributed by atoms with E-state index in [0.717, 1.165) is 18.7 Å². The van der Waals surface area contributed by atoms with Gasteiger partial charge in [0.25, 0.3) is 10.0 Å².